The number of hydrogen-bond donors (Lipinski definition) is 1. The molecule has 28 heavy (non-hydrogen) atoms. The molecular formula is C22H23N3O3. The number of rotatable bonds is 5. The SMILES string of the molecule is C[C@H](OC(=O)/C=C/c1ccc2ccccc2n1)C(=O)NC1(C#N)CCCCC1. The van der Waals surface area contributed by atoms with Gasteiger partial charge >= 0.3 is 5.97 Å². The van der Waals surface area contributed by atoms with Gasteiger partial charge in [-0.1, -0.05) is 43.5 Å². The van der Waals surface area contributed by atoms with Crippen molar-refractivity contribution in [1.29, 1.82) is 5.26 Å². The highest BCUT2D eigenvalue weighted by atomic mass is 16.5. The lowest BCUT2D eigenvalue weighted by Crippen LogP contribution is -2.52. The molecule has 1 saturated carbocycles. The van der Waals surface area contributed by atoms with E-state index in [-0.39, 0.29) is 0 Å². The predicted molar refractivity (Wildman–Crippen MR) is 106 cm³/mol. The molecule has 1 N–H and O–H groups in total. The fourth-order valence-corrected chi connectivity index (χ4v) is 3.35. The van der Waals surface area contributed by atoms with Crippen molar-refractivity contribution < 1.29 is 14.3 Å². The molecule has 6 nitrogen and oxygen atoms in total. The number of nitriles is 1. The summed E-state index contributed by atoms with van der Waals surface area (Å²) in [5.74, 6) is -1.08. The Morgan fingerprint density at radius 3 is 2.71 bits per heavy atom. The summed E-state index contributed by atoms with van der Waals surface area (Å²) in [5.41, 5.74) is 0.611. The van der Waals surface area contributed by atoms with Crippen LogP contribution in [0.25, 0.3) is 17.0 Å². The number of hydrogen-bond acceptors (Lipinski definition) is 5. The molecule has 0 unspecified atom stereocenters. The maximum absolute atomic E-state index is 12.4. The second-order valence-corrected chi connectivity index (χ2v) is 7.09. The summed E-state index contributed by atoms with van der Waals surface area (Å²) >= 11 is 0. The van der Waals surface area contributed by atoms with Gasteiger partial charge < -0.3 is 10.1 Å². The first-order valence-corrected chi connectivity index (χ1v) is 9.49. The Labute approximate surface area is 164 Å². The minimum Gasteiger partial charge on any atom is -0.449 e. The van der Waals surface area contributed by atoms with E-state index in [0.29, 0.717) is 18.5 Å². The average molecular weight is 377 g/mol. The van der Waals surface area contributed by atoms with Crippen molar-refractivity contribution >= 4 is 28.9 Å². The van der Waals surface area contributed by atoms with Crippen LogP contribution in [0.4, 0.5) is 0 Å². The third-order valence-corrected chi connectivity index (χ3v) is 4.96. The molecule has 0 bridgehead atoms. The van der Waals surface area contributed by atoms with E-state index in [1.165, 1.54) is 13.0 Å². The number of esters is 1. The second-order valence-electron chi connectivity index (χ2n) is 7.09. The Bertz CT molecular complexity index is 939. The van der Waals surface area contributed by atoms with Gasteiger partial charge in [-0.05, 0) is 38.0 Å². The lowest BCUT2D eigenvalue weighted by atomic mass is 9.83. The predicted octanol–water partition coefficient (Wildman–Crippen LogP) is 3.52. The smallest absolute Gasteiger partial charge is 0.331 e. The first-order valence-electron chi connectivity index (χ1n) is 9.49. The van der Waals surface area contributed by atoms with Crippen molar-refractivity contribution in [3.05, 3.63) is 48.2 Å². The normalized spacial score (nSPS) is 17.0. The van der Waals surface area contributed by atoms with Crippen LogP contribution in [0.2, 0.25) is 0 Å². The van der Waals surface area contributed by atoms with Gasteiger partial charge in [0.2, 0.25) is 0 Å². The summed E-state index contributed by atoms with van der Waals surface area (Å²) in [6, 6.07) is 13.7. The summed E-state index contributed by atoms with van der Waals surface area (Å²) in [6.07, 6.45) is 5.96. The highest BCUT2D eigenvalue weighted by Gasteiger charge is 2.35. The third-order valence-electron chi connectivity index (χ3n) is 4.96. The van der Waals surface area contributed by atoms with Crippen molar-refractivity contribution in [1.82, 2.24) is 10.3 Å². The number of nitrogens with zero attached hydrogens (tertiary/aromatic N) is 2. The molecule has 1 fully saturated rings. The van der Waals surface area contributed by atoms with E-state index in [1.54, 1.807) is 6.08 Å². The number of benzene rings is 1. The van der Waals surface area contributed by atoms with Crippen molar-refractivity contribution in [2.75, 3.05) is 0 Å². The zero-order chi connectivity index (χ0) is 20.0. The summed E-state index contributed by atoms with van der Waals surface area (Å²) in [5, 5.41) is 13.2. The zero-order valence-electron chi connectivity index (χ0n) is 15.9. The molecule has 0 spiro atoms. The fraction of sp³-hybridized carbons (Fsp3) is 0.364. The van der Waals surface area contributed by atoms with Gasteiger partial charge in [-0.15, -0.1) is 0 Å². The number of fused-ring (bicyclic) bond motifs is 1. The molecule has 0 radical (unpaired) electrons. The van der Waals surface area contributed by atoms with Gasteiger partial charge in [0.15, 0.2) is 6.10 Å². The Hall–Kier alpha value is -3.20. The molecule has 0 aliphatic heterocycles. The Morgan fingerprint density at radius 1 is 1.21 bits per heavy atom. The van der Waals surface area contributed by atoms with Crippen molar-refractivity contribution in [2.24, 2.45) is 0 Å². The Morgan fingerprint density at radius 2 is 1.96 bits per heavy atom. The maximum atomic E-state index is 12.4. The van der Waals surface area contributed by atoms with E-state index in [4.69, 9.17) is 4.74 Å². The van der Waals surface area contributed by atoms with Crippen molar-refractivity contribution in [2.45, 2.75) is 50.7 Å². The van der Waals surface area contributed by atoms with Crippen LogP contribution >= 0.6 is 0 Å². The number of pyridine rings is 1. The van der Waals surface area contributed by atoms with Crippen LogP contribution in [0.15, 0.2) is 42.5 Å². The summed E-state index contributed by atoms with van der Waals surface area (Å²) in [7, 11) is 0. The molecule has 0 saturated heterocycles. The highest BCUT2D eigenvalue weighted by Crippen LogP contribution is 2.27. The monoisotopic (exact) mass is 377 g/mol. The van der Waals surface area contributed by atoms with Crippen LogP contribution in [0, 0.1) is 11.3 Å². The molecule has 3 rings (SSSR count). The summed E-state index contributed by atoms with van der Waals surface area (Å²) in [6.45, 7) is 1.50. The Balaban J connectivity index is 1.57. The topological polar surface area (TPSA) is 92.1 Å². The standard InChI is InChI=1S/C22H23N3O3/c1-16(21(27)25-22(15-23)13-5-2-6-14-22)28-20(26)12-11-18-10-9-17-7-3-4-8-19(17)24-18/h3-4,7-12,16H,2,5-6,13-14H2,1H3,(H,25,27)/b12-11+/t16-/m0/s1. The van der Waals surface area contributed by atoms with Gasteiger partial charge in [0.1, 0.15) is 5.54 Å². The molecule has 1 aliphatic carbocycles. The summed E-state index contributed by atoms with van der Waals surface area (Å²) < 4.78 is 5.18. The highest BCUT2D eigenvalue weighted by molar-refractivity contribution is 5.91. The van der Waals surface area contributed by atoms with Crippen molar-refractivity contribution in [3.8, 4) is 6.07 Å². The molecular weight excluding hydrogens is 354 g/mol. The van der Waals surface area contributed by atoms with E-state index >= 15 is 0 Å². The lowest BCUT2D eigenvalue weighted by molar-refractivity contribution is -0.150. The number of nitrogens with one attached hydrogen (secondary N) is 1. The van der Waals surface area contributed by atoms with Gasteiger partial charge in [-0.2, -0.15) is 5.26 Å². The van der Waals surface area contributed by atoms with Gasteiger partial charge in [0.05, 0.1) is 17.3 Å². The van der Waals surface area contributed by atoms with Gasteiger partial charge in [0, 0.05) is 11.5 Å². The second kappa shape index (κ2) is 8.66. The average Bonchev–Trinajstić information content (AvgIpc) is 2.72. The molecule has 1 amide bonds. The van der Waals surface area contributed by atoms with Crippen LogP contribution in [0.5, 0.6) is 0 Å². The summed E-state index contributed by atoms with van der Waals surface area (Å²) in [4.78, 5) is 28.9. The molecule has 1 aromatic carbocycles. The minimum atomic E-state index is -0.978. The largest absolute Gasteiger partial charge is 0.449 e. The minimum absolute atomic E-state index is 0.450. The first-order chi connectivity index (χ1) is 13.5. The van der Waals surface area contributed by atoms with Gasteiger partial charge in [0.25, 0.3) is 5.91 Å². The number of para-hydroxylation sites is 1. The Kier molecular flexibility index (Phi) is 6.05. The fourth-order valence-electron chi connectivity index (χ4n) is 3.35. The zero-order valence-corrected chi connectivity index (χ0v) is 15.9. The first kappa shape index (κ1) is 19.6. The molecule has 1 aromatic heterocycles. The van der Waals surface area contributed by atoms with Crippen LogP contribution in [0.1, 0.15) is 44.7 Å². The molecule has 144 valence electrons. The number of carbonyl (C=O) groups is 2. The lowest BCUT2D eigenvalue weighted by Gasteiger charge is -2.32. The van der Waals surface area contributed by atoms with Crippen LogP contribution in [-0.2, 0) is 14.3 Å². The molecule has 1 heterocycles. The maximum Gasteiger partial charge on any atom is 0.331 e. The van der Waals surface area contributed by atoms with E-state index in [1.807, 2.05) is 36.4 Å². The van der Waals surface area contributed by atoms with Gasteiger partial charge in [-0.25, -0.2) is 9.78 Å². The van der Waals surface area contributed by atoms with E-state index in [0.717, 1.165) is 30.2 Å². The van der Waals surface area contributed by atoms with Crippen molar-refractivity contribution in [3.63, 3.8) is 0 Å². The number of carbonyl (C=O) groups excluding carboxylic acids is 2. The van der Waals surface area contributed by atoms with Crippen LogP contribution in [-0.4, -0.2) is 28.5 Å². The van der Waals surface area contributed by atoms with E-state index in [9.17, 15) is 14.9 Å². The van der Waals surface area contributed by atoms with Crippen LogP contribution in [0.3, 0.4) is 0 Å². The van der Waals surface area contributed by atoms with Crippen LogP contribution < -0.4 is 5.32 Å². The quantitative estimate of drug-likeness (QED) is 0.636. The number of amides is 1. The molecule has 1 atom stereocenters. The molecule has 6 heteroatoms. The molecule has 2 aromatic rings. The third kappa shape index (κ3) is 4.74. The number of aromatic nitrogens is 1. The van der Waals surface area contributed by atoms with Gasteiger partial charge in [-0.3, -0.25) is 4.79 Å². The van der Waals surface area contributed by atoms with E-state index in [2.05, 4.69) is 16.4 Å². The number of ether oxygens (including phenoxy) is 1. The van der Waals surface area contributed by atoms with E-state index < -0.39 is 23.5 Å². The molecule has 1 aliphatic rings.